The first-order valence-corrected chi connectivity index (χ1v) is 12.8. The average molecular weight is 542 g/mol. The molecule has 0 unspecified atom stereocenters. The number of hydrogen-bond acceptors (Lipinski definition) is 4. The molecule has 3 rings (SSSR count). The molecule has 0 fully saturated rings. The molecule has 0 aromatic heterocycles. The van der Waals surface area contributed by atoms with Gasteiger partial charge in [-0.3, -0.25) is 0 Å². The maximum Gasteiger partial charge on any atom is 0.357 e. The Labute approximate surface area is 188 Å². The Kier molecular flexibility index (Phi) is 9.26. The molecule has 160 valence electrons. The average Bonchev–Trinajstić information content (AvgIpc) is 2.66. The van der Waals surface area contributed by atoms with Gasteiger partial charge in [0, 0.05) is 0 Å². The largest absolute Gasteiger partial charge is 0.716 e. The SMILES string of the molecule is Cc1ccc([I+]c2ccc(CC(C)C)cc2)cc1.O=S(=O)([O-])Oc1ccc(F)cc1. The van der Waals surface area contributed by atoms with E-state index in [1.807, 2.05) is 0 Å². The first kappa shape index (κ1) is 24.3. The van der Waals surface area contributed by atoms with Crippen molar-refractivity contribution in [2.45, 2.75) is 27.2 Å². The summed E-state index contributed by atoms with van der Waals surface area (Å²) in [6, 6.07) is 22.2. The molecule has 0 bridgehead atoms. The van der Waals surface area contributed by atoms with Crippen LogP contribution in [0.1, 0.15) is 25.0 Å². The van der Waals surface area contributed by atoms with Gasteiger partial charge < -0.3 is 8.74 Å². The van der Waals surface area contributed by atoms with Crippen LogP contribution in [0.2, 0.25) is 0 Å². The van der Waals surface area contributed by atoms with Crippen LogP contribution in [0.5, 0.6) is 5.75 Å². The fourth-order valence-corrected chi connectivity index (χ4v) is 4.99. The van der Waals surface area contributed by atoms with Crippen molar-refractivity contribution in [1.82, 2.24) is 0 Å². The minimum atomic E-state index is -4.76. The van der Waals surface area contributed by atoms with Gasteiger partial charge in [0.2, 0.25) is 0 Å². The Morgan fingerprint density at radius 2 is 1.40 bits per heavy atom. The van der Waals surface area contributed by atoms with Gasteiger partial charge in [-0.15, -0.1) is 0 Å². The summed E-state index contributed by atoms with van der Waals surface area (Å²) < 4.78 is 49.2. The lowest BCUT2D eigenvalue weighted by molar-refractivity contribution is -0.597. The second kappa shape index (κ2) is 11.4. The fourth-order valence-electron chi connectivity index (χ4n) is 2.49. The molecular formula is C23H24FIO4S. The van der Waals surface area contributed by atoms with Gasteiger partial charge in [0.25, 0.3) is 10.4 Å². The van der Waals surface area contributed by atoms with E-state index in [4.69, 9.17) is 0 Å². The Morgan fingerprint density at radius 1 is 0.900 bits per heavy atom. The van der Waals surface area contributed by atoms with Crippen LogP contribution in [0.4, 0.5) is 4.39 Å². The van der Waals surface area contributed by atoms with Crippen molar-refractivity contribution < 1.29 is 42.7 Å². The first-order valence-electron chi connectivity index (χ1n) is 9.32. The number of benzene rings is 3. The third-order valence-corrected chi connectivity index (χ3v) is 6.88. The van der Waals surface area contributed by atoms with Gasteiger partial charge in [-0.05, 0) is 73.4 Å². The van der Waals surface area contributed by atoms with Crippen LogP contribution in [-0.2, 0) is 16.8 Å². The van der Waals surface area contributed by atoms with E-state index in [2.05, 4.69) is 73.5 Å². The van der Waals surface area contributed by atoms with Gasteiger partial charge in [-0.25, -0.2) is 12.8 Å². The molecule has 0 amide bonds. The second-order valence-corrected chi connectivity index (χ2v) is 11.1. The molecule has 0 saturated carbocycles. The highest BCUT2D eigenvalue weighted by Crippen LogP contribution is 2.12. The summed E-state index contributed by atoms with van der Waals surface area (Å²) in [5.41, 5.74) is 2.80. The molecule has 4 nitrogen and oxygen atoms in total. The second-order valence-electron chi connectivity index (χ2n) is 7.06. The summed E-state index contributed by atoms with van der Waals surface area (Å²) in [6.45, 7) is 6.68. The summed E-state index contributed by atoms with van der Waals surface area (Å²) in [6.07, 6.45) is 1.18. The predicted octanol–water partition coefficient (Wildman–Crippen LogP) is 1.99. The predicted molar refractivity (Wildman–Crippen MR) is 110 cm³/mol. The van der Waals surface area contributed by atoms with Gasteiger partial charge in [0.15, 0.2) is 7.14 Å². The molecule has 0 heterocycles. The monoisotopic (exact) mass is 542 g/mol. The van der Waals surface area contributed by atoms with E-state index in [1.165, 1.54) is 24.7 Å². The minimum absolute atomic E-state index is 0.0179. The zero-order valence-corrected chi connectivity index (χ0v) is 20.0. The third-order valence-electron chi connectivity index (χ3n) is 3.80. The molecular weight excluding hydrogens is 518 g/mol. The zero-order chi connectivity index (χ0) is 22.1. The molecule has 30 heavy (non-hydrogen) atoms. The first-order chi connectivity index (χ1) is 14.1. The lowest BCUT2D eigenvalue weighted by atomic mass is 10.0. The van der Waals surface area contributed by atoms with Crippen LogP contribution < -0.4 is 25.4 Å². The molecule has 0 N–H and O–H groups in total. The molecule has 3 aromatic carbocycles. The fraction of sp³-hybridized carbons (Fsp3) is 0.217. The van der Waals surface area contributed by atoms with E-state index in [0.717, 1.165) is 30.2 Å². The summed E-state index contributed by atoms with van der Waals surface area (Å²) in [4.78, 5) is 0. The van der Waals surface area contributed by atoms with Crippen molar-refractivity contribution in [3.8, 4) is 5.75 Å². The topological polar surface area (TPSA) is 66.4 Å². The molecule has 7 heteroatoms. The third kappa shape index (κ3) is 9.69. The van der Waals surface area contributed by atoms with Crippen LogP contribution >= 0.6 is 0 Å². The Morgan fingerprint density at radius 3 is 1.87 bits per heavy atom. The summed E-state index contributed by atoms with van der Waals surface area (Å²) in [5, 5.41) is 0. The van der Waals surface area contributed by atoms with Crippen LogP contribution in [-0.4, -0.2) is 13.0 Å². The van der Waals surface area contributed by atoms with Gasteiger partial charge in [-0.2, -0.15) is 0 Å². The minimum Gasteiger partial charge on any atom is -0.716 e. The lowest BCUT2D eigenvalue weighted by Crippen LogP contribution is -3.61. The molecule has 0 spiro atoms. The number of hydrogen-bond donors (Lipinski definition) is 0. The Balaban J connectivity index is 0.000000232. The zero-order valence-electron chi connectivity index (χ0n) is 17.0. The van der Waals surface area contributed by atoms with Gasteiger partial charge >= 0.3 is 21.2 Å². The summed E-state index contributed by atoms with van der Waals surface area (Å²) in [5.74, 6) is -0.000284. The van der Waals surface area contributed by atoms with Gasteiger partial charge in [0.1, 0.15) is 11.6 Å². The van der Waals surface area contributed by atoms with Crippen LogP contribution in [0.3, 0.4) is 0 Å². The maximum absolute atomic E-state index is 12.2. The standard InChI is InChI=1S/C17H20I.C6H5FO4S/c1-13(2)12-15-6-10-17(11-7-15)18-16-8-4-14(3)5-9-16;7-5-1-3-6(4-2-5)11-12(8,9)10/h4-11,13H,12H2,1-3H3;1-4H,(H,8,9,10)/q+1;/p-1. The summed E-state index contributed by atoms with van der Waals surface area (Å²) in [7, 11) is -4.76. The van der Waals surface area contributed by atoms with Crippen molar-refractivity contribution in [1.29, 1.82) is 0 Å². The van der Waals surface area contributed by atoms with Crippen LogP contribution in [0, 0.1) is 25.8 Å². The van der Waals surface area contributed by atoms with E-state index in [1.54, 1.807) is 0 Å². The number of halogens is 2. The van der Waals surface area contributed by atoms with E-state index in [-0.39, 0.29) is 27.0 Å². The van der Waals surface area contributed by atoms with E-state index < -0.39 is 16.2 Å². The van der Waals surface area contributed by atoms with E-state index >= 15 is 0 Å². The van der Waals surface area contributed by atoms with Crippen molar-refractivity contribution in [3.63, 3.8) is 0 Å². The molecule has 0 radical (unpaired) electrons. The Hall–Kier alpha value is -1.97. The van der Waals surface area contributed by atoms with E-state index in [0.29, 0.717) is 0 Å². The van der Waals surface area contributed by atoms with Crippen molar-refractivity contribution in [3.05, 3.63) is 96.9 Å². The Bertz CT molecular complexity index is 1020. The highest BCUT2D eigenvalue weighted by atomic mass is 127. The smallest absolute Gasteiger partial charge is 0.357 e. The van der Waals surface area contributed by atoms with Crippen molar-refractivity contribution in [2.24, 2.45) is 5.92 Å². The van der Waals surface area contributed by atoms with Crippen molar-refractivity contribution in [2.75, 3.05) is 0 Å². The molecule has 0 aliphatic rings. The lowest BCUT2D eigenvalue weighted by Gasteiger charge is -2.07. The van der Waals surface area contributed by atoms with Gasteiger partial charge in [-0.1, -0.05) is 43.7 Å². The van der Waals surface area contributed by atoms with Crippen molar-refractivity contribution >= 4 is 10.4 Å². The normalized spacial score (nSPS) is 11.0. The molecule has 0 saturated heterocycles. The van der Waals surface area contributed by atoms with E-state index in [9.17, 15) is 17.4 Å². The molecule has 0 atom stereocenters. The highest BCUT2D eigenvalue weighted by Gasteiger charge is 2.14. The quantitative estimate of drug-likeness (QED) is 0.272. The number of aryl methyl sites for hydroxylation is 1. The molecule has 0 aliphatic carbocycles. The maximum atomic E-state index is 12.2. The molecule has 3 aromatic rings. The summed E-state index contributed by atoms with van der Waals surface area (Å²) >= 11 is -0.0179. The van der Waals surface area contributed by atoms with Crippen LogP contribution in [0.25, 0.3) is 0 Å². The molecule has 0 aliphatic heterocycles. The highest BCUT2D eigenvalue weighted by molar-refractivity contribution is 7.81. The van der Waals surface area contributed by atoms with Gasteiger partial charge in [0.05, 0.1) is 0 Å². The number of rotatable bonds is 6. The van der Waals surface area contributed by atoms with Crippen LogP contribution in [0.15, 0.2) is 72.8 Å².